The van der Waals surface area contributed by atoms with Gasteiger partial charge in [0, 0.05) is 17.7 Å². The first-order chi connectivity index (χ1) is 9.15. The summed E-state index contributed by atoms with van der Waals surface area (Å²) in [5.41, 5.74) is 2.95. The van der Waals surface area contributed by atoms with E-state index in [1.165, 1.54) is 18.5 Å². The molecule has 0 aliphatic carbocycles. The summed E-state index contributed by atoms with van der Waals surface area (Å²) in [4.78, 5) is 10.4. The fourth-order valence-electron chi connectivity index (χ4n) is 1.91. The number of aryl methyl sites for hydroxylation is 1. The molecule has 2 heterocycles. The number of rotatable bonds is 2. The van der Waals surface area contributed by atoms with Crippen LogP contribution in [0.2, 0.25) is 0 Å². The molecule has 0 aliphatic rings. The Bertz CT molecular complexity index is 781. The number of nitro benzene ring substituents is 1. The van der Waals surface area contributed by atoms with Crippen molar-refractivity contribution in [1.29, 1.82) is 0 Å². The van der Waals surface area contributed by atoms with Crippen molar-refractivity contribution in [3.8, 4) is 11.3 Å². The van der Waals surface area contributed by atoms with E-state index in [0.717, 1.165) is 5.56 Å². The average molecular weight is 255 g/mol. The average Bonchev–Trinajstić information content (AvgIpc) is 2.85. The molecule has 0 N–H and O–H groups in total. The maximum absolute atomic E-state index is 10.8. The molecule has 0 atom stereocenters. The SMILES string of the molecule is Cc1cc2nncn2nc1-c1cccc([N+](=O)[O-])c1. The van der Waals surface area contributed by atoms with Crippen molar-refractivity contribution in [2.75, 3.05) is 0 Å². The van der Waals surface area contributed by atoms with E-state index in [9.17, 15) is 10.1 Å². The summed E-state index contributed by atoms with van der Waals surface area (Å²) in [6.45, 7) is 1.88. The molecule has 3 aromatic rings. The van der Waals surface area contributed by atoms with Crippen molar-refractivity contribution in [3.63, 3.8) is 0 Å². The summed E-state index contributed by atoms with van der Waals surface area (Å²) >= 11 is 0. The molecule has 94 valence electrons. The van der Waals surface area contributed by atoms with Gasteiger partial charge >= 0.3 is 0 Å². The number of nitrogens with zero attached hydrogens (tertiary/aromatic N) is 5. The number of aromatic nitrogens is 4. The first-order valence-corrected chi connectivity index (χ1v) is 5.57. The van der Waals surface area contributed by atoms with Gasteiger partial charge in [-0.2, -0.15) is 9.61 Å². The molecule has 0 fully saturated rings. The largest absolute Gasteiger partial charge is 0.270 e. The molecule has 0 amide bonds. The molecule has 7 nitrogen and oxygen atoms in total. The lowest BCUT2D eigenvalue weighted by molar-refractivity contribution is -0.384. The Balaban J connectivity index is 2.20. The monoisotopic (exact) mass is 255 g/mol. The number of nitro groups is 1. The van der Waals surface area contributed by atoms with E-state index in [1.54, 1.807) is 16.6 Å². The molecule has 2 aromatic heterocycles. The summed E-state index contributed by atoms with van der Waals surface area (Å²) in [5, 5.41) is 22.8. The fraction of sp³-hybridized carbons (Fsp3) is 0.0833. The van der Waals surface area contributed by atoms with Crippen molar-refractivity contribution in [2.45, 2.75) is 6.92 Å². The van der Waals surface area contributed by atoms with Gasteiger partial charge < -0.3 is 0 Å². The van der Waals surface area contributed by atoms with Crippen molar-refractivity contribution >= 4 is 11.3 Å². The predicted molar refractivity (Wildman–Crippen MR) is 67.6 cm³/mol. The van der Waals surface area contributed by atoms with Crippen LogP contribution in [-0.2, 0) is 0 Å². The van der Waals surface area contributed by atoms with Crippen LogP contribution in [0, 0.1) is 17.0 Å². The zero-order valence-corrected chi connectivity index (χ0v) is 10.0. The van der Waals surface area contributed by atoms with Gasteiger partial charge in [0.05, 0.1) is 10.6 Å². The highest BCUT2D eigenvalue weighted by Crippen LogP contribution is 2.25. The van der Waals surface area contributed by atoms with Gasteiger partial charge in [-0.25, -0.2) is 0 Å². The Morgan fingerprint density at radius 3 is 2.95 bits per heavy atom. The van der Waals surface area contributed by atoms with Crippen LogP contribution in [0.25, 0.3) is 16.9 Å². The Labute approximate surface area is 107 Å². The standard InChI is InChI=1S/C12H9N5O2/c1-8-5-11-14-13-7-16(11)15-12(8)9-3-2-4-10(6-9)17(18)19/h2-7H,1H3. The number of hydrogen-bond acceptors (Lipinski definition) is 5. The number of non-ortho nitro benzene ring substituents is 1. The first kappa shape index (κ1) is 11.3. The van der Waals surface area contributed by atoms with Gasteiger partial charge in [0.25, 0.3) is 5.69 Å². The maximum Gasteiger partial charge on any atom is 0.270 e. The van der Waals surface area contributed by atoms with Gasteiger partial charge in [0.1, 0.15) is 6.33 Å². The Kier molecular flexibility index (Phi) is 2.45. The Morgan fingerprint density at radius 1 is 1.32 bits per heavy atom. The summed E-state index contributed by atoms with van der Waals surface area (Å²) in [6.07, 6.45) is 1.50. The summed E-state index contributed by atoms with van der Waals surface area (Å²) < 4.78 is 1.54. The van der Waals surface area contributed by atoms with Crippen LogP contribution in [0.3, 0.4) is 0 Å². The van der Waals surface area contributed by atoms with E-state index in [1.807, 2.05) is 13.0 Å². The molecule has 0 saturated heterocycles. The summed E-state index contributed by atoms with van der Waals surface area (Å²) in [6, 6.07) is 8.24. The van der Waals surface area contributed by atoms with Crippen LogP contribution >= 0.6 is 0 Å². The quantitative estimate of drug-likeness (QED) is 0.516. The van der Waals surface area contributed by atoms with Gasteiger partial charge in [-0.05, 0) is 18.6 Å². The van der Waals surface area contributed by atoms with E-state index in [0.29, 0.717) is 16.9 Å². The van der Waals surface area contributed by atoms with Crippen molar-refractivity contribution in [2.24, 2.45) is 0 Å². The van der Waals surface area contributed by atoms with E-state index < -0.39 is 4.92 Å². The van der Waals surface area contributed by atoms with Gasteiger partial charge in [-0.3, -0.25) is 10.1 Å². The maximum atomic E-state index is 10.8. The third-order valence-electron chi connectivity index (χ3n) is 2.81. The first-order valence-electron chi connectivity index (χ1n) is 5.57. The second-order valence-corrected chi connectivity index (χ2v) is 4.12. The zero-order chi connectivity index (χ0) is 13.4. The lowest BCUT2D eigenvalue weighted by Gasteiger charge is -2.05. The van der Waals surface area contributed by atoms with Crippen molar-refractivity contribution in [1.82, 2.24) is 19.8 Å². The molecule has 0 spiro atoms. The van der Waals surface area contributed by atoms with Crippen LogP contribution in [0.5, 0.6) is 0 Å². The topological polar surface area (TPSA) is 86.2 Å². The third-order valence-corrected chi connectivity index (χ3v) is 2.81. The number of fused-ring (bicyclic) bond motifs is 1. The lowest BCUT2D eigenvalue weighted by Crippen LogP contribution is -1.97. The highest BCUT2D eigenvalue weighted by atomic mass is 16.6. The van der Waals surface area contributed by atoms with Gasteiger partial charge in [-0.15, -0.1) is 10.2 Å². The minimum absolute atomic E-state index is 0.0440. The van der Waals surface area contributed by atoms with E-state index in [-0.39, 0.29) is 5.69 Å². The molecule has 0 radical (unpaired) electrons. The van der Waals surface area contributed by atoms with Crippen LogP contribution in [0.15, 0.2) is 36.7 Å². The molecular weight excluding hydrogens is 246 g/mol. The molecule has 0 aliphatic heterocycles. The second kappa shape index (κ2) is 4.13. The smallest absolute Gasteiger partial charge is 0.258 e. The molecule has 7 heteroatoms. The van der Waals surface area contributed by atoms with E-state index in [4.69, 9.17) is 0 Å². The Hall–Kier alpha value is -2.83. The van der Waals surface area contributed by atoms with E-state index in [2.05, 4.69) is 15.3 Å². The van der Waals surface area contributed by atoms with Crippen LogP contribution in [0.1, 0.15) is 5.56 Å². The Morgan fingerprint density at radius 2 is 2.16 bits per heavy atom. The van der Waals surface area contributed by atoms with Crippen molar-refractivity contribution < 1.29 is 4.92 Å². The van der Waals surface area contributed by atoms with Crippen LogP contribution in [0.4, 0.5) is 5.69 Å². The van der Waals surface area contributed by atoms with Gasteiger partial charge in [-0.1, -0.05) is 12.1 Å². The van der Waals surface area contributed by atoms with Gasteiger partial charge in [0.15, 0.2) is 5.65 Å². The minimum atomic E-state index is -0.421. The lowest BCUT2D eigenvalue weighted by atomic mass is 10.1. The van der Waals surface area contributed by atoms with Crippen molar-refractivity contribution in [3.05, 3.63) is 52.3 Å². The number of benzene rings is 1. The fourth-order valence-corrected chi connectivity index (χ4v) is 1.91. The zero-order valence-electron chi connectivity index (χ0n) is 10.0. The highest BCUT2D eigenvalue weighted by Gasteiger charge is 2.11. The van der Waals surface area contributed by atoms with Gasteiger partial charge in [0.2, 0.25) is 0 Å². The molecule has 3 rings (SSSR count). The molecule has 0 bridgehead atoms. The third kappa shape index (κ3) is 1.90. The van der Waals surface area contributed by atoms with Crippen LogP contribution in [-0.4, -0.2) is 24.7 Å². The molecule has 0 saturated carbocycles. The number of hydrogen-bond donors (Lipinski definition) is 0. The predicted octanol–water partition coefficient (Wildman–Crippen LogP) is 2.01. The molecular formula is C12H9N5O2. The molecule has 19 heavy (non-hydrogen) atoms. The molecule has 0 unspecified atom stereocenters. The normalized spacial score (nSPS) is 10.8. The minimum Gasteiger partial charge on any atom is -0.258 e. The summed E-state index contributed by atoms with van der Waals surface area (Å²) in [7, 11) is 0. The molecule has 1 aromatic carbocycles. The highest BCUT2D eigenvalue weighted by molar-refractivity contribution is 5.66. The van der Waals surface area contributed by atoms with Crippen LogP contribution < -0.4 is 0 Å². The second-order valence-electron chi connectivity index (χ2n) is 4.12. The van der Waals surface area contributed by atoms with E-state index >= 15 is 0 Å². The summed E-state index contributed by atoms with van der Waals surface area (Å²) in [5.74, 6) is 0.